The molecule has 1 unspecified atom stereocenters. The Balaban J connectivity index is 1.61. The average Bonchev–Trinajstić information content (AvgIpc) is 2.94. The van der Waals surface area contributed by atoms with Gasteiger partial charge >= 0.3 is 0 Å². The Morgan fingerprint density at radius 2 is 2.04 bits per heavy atom. The van der Waals surface area contributed by atoms with E-state index in [1.54, 1.807) is 6.33 Å². The quantitative estimate of drug-likeness (QED) is 0.800. The van der Waals surface area contributed by atoms with Crippen LogP contribution in [-0.4, -0.2) is 55.6 Å². The third kappa shape index (κ3) is 4.00. The van der Waals surface area contributed by atoms with Crippen molar-refractivity contribution in [3.8, 4) is 5.88 Å². The van der Waals surface area contributed by atoms with Crippen molar-refractivity contribution < 1.29 is 8.95 Å². The molecule has 4 rings (SSSR count). The van der Waals surface area contributed by atoms with Crippen molar-refractivity contribution in [2.45, 2.75) is 32.9 Å². The molecule has 2 aromatic rings. The minimum atomic E-state index is -0.727. The Labute approximate surface area is 161 Å². The molecule has 2 aromatic heterocycles. The van der Waals surface area contributed by atoms with Crippen molar-refractivity contribution in [2.75, 3.05) is 29.5 Å². The zero-order valence-corrected chi connectivity index (χ0v) is 16.4. The van der Waals surface area contributed by atoms with Crippen molar-refractivity contribution in [3.05, 3.63) is 41.5 Å². The SMILES string of the molecule is CC(C)Oc1cc2c(cn1)CN=C2c1cc(N2CCCS(=O)CC2)ncn1. The predicted molar refractivity (Wildman–Crippen MR) is 106 cm³/mol. The maximum absolute atomic E-state index is 11.8. The Kier molecular flexibility index (Phi) is 5.15. The van der Waals surface area contributed by atoms with Crippen molar-refractivity contribution in [1.29, 1.82) is 0 Å². The summed E-state index contributed by atoms with van der Waals surface area (Å²) in [5, 5.41) is 0. The molecule has 0 bridgehead atoms. The number of hydrogen-bond donors (Lipinski definition) is 0. The first kappa shape index (κ1) is 18.0. The minimum Gasteiger partial charge on any atom is -0.475 e. The molecule has 0 aliphatic carbocycles. The van der Waals surface area contributed by atoms with Gasteiger partial charge in [0.25, 0.3) is 0 Å². The predicted octanol–water partition coefficient (Wildman–Crippen LogP) is 1.97. The van der Waals surface area contributed by atoms with Gasteiger partial charge in [0, 0.05) is 64.9 Å². The van der Waals surface area contributed by atoms with Gasteiger partial charge in [0.1, 0.15) is 12.1 Å². The van der Waals surface area contributed by atoms with Crippen molar-refractivity contribution in [3.63, 3.8) is 0 Å². The highest BCUT2D eigenvalue weighted by Crippen LogP contribution is 2.26. The van der Waals surface area contributed by atoms with Gasteiger partial charge in [-0.15, -0.1) is 0 Å². The smallest absolute Gasteiger partial charge is 0.214 e. The second kappa shape index (κ2) is 7.72. The molecule has 0 aromatic carbocycles. The fraction of sp³-hybridized carbons (Fsp3) is 0.474. The Morgan fingerprint density at radius 3 is 2.89 bits per heavy atom. The van der Waals surface area contributed by atoms with Gasteiger partial charge in [-0.25, -0.2) is 15.0 Å². The van der Waals surface area contributed by atoms with Crippen LogP contribution < -0.4 is 9.64 Å². The lowest BCUT2D eigenvalue weighted by Crippen LogP contribution is -2.27. The molecule has 27 heavy (non-hydrogen) atoms. The minimum absolute atomic E-state index is 0.0663. The van der Waals surface area contributed by atoms with Gasteiger partial charge in [-0.3, -0.25) is 9.20 Å². The zero-order chi connectivity index (χ0) is 18.8. The third-order valence-electron chi connectivity index (χ3n) is 4.59. The second-order valence-electron chi connectivity index (χ2n) is 6.96. The summed E-state index contributed by atoms with van der Waals surface area (Å²) >= 11 is 0. The number of pyridine rings is 1. The molecule has 4 heterocycles. The van der Waals surface area contributed by atoms with E-state index in [1.807, 2.05) is 32.2 Å². The van der Waals surface area contributed by atoms with Crippen LogP contribution in [0.25, 0.3) is 0 Å². The van der Waals surface area contributed by atoms with Crippen LogP contribution in [0.2, 0.25) is 0 Å². The number of nitrogens with zero attached hydrogens (tertiary/aromatic N) is 5. The Hall–Kier alpha value is -2.35. The van der Waals surface area contributed by atoms with Gasteiger partial charge in [0.05, 0.1) is 24.1 Å². The zero-order valence-electron chi connectivity index (χ0n) is 15.6. The molecular formula is C19H23N5O2S. The van der Waals surface area contributed by atoms with E-state index in [2.05, 4.69) is 24.8 Å². The van der Waals surface area contributed by atoms with E-state index in [-0.39, 0.29) is 6.10 Å². The van der Waals surface area contributed by atoms with Gasteiger partial charge in [-0.05, 0) is 20.3 Å². The number of rotatable bonds is 4. The normalized spacial score (nSPS) is 19.6. The lowest BCUT2D eigenvalue weighted by Gasteiger charge is -2.21. The van der Waals surface area contributed by atoms with Gasteiger partial charge < -0.3 is 9.64 Å². The molecule has 0 saturated carbocycles. The van der Waals surface area contributed by atoms with Crippen LogP contribution in [0.3, 0.4) is 0 Å². The molecule has 1 atom stereocenters. The molecule has 0 amide bonds. The van der Waals surface area contributed by atoms with Crippen LogP contribution in [-0.2, 0) is 17.3 Å². The van der Waals surface area contributed by atoms with Crippen molar-refractivity contribution in [1.82, 2.24) is 15.0 Å². The van der Waals surface area contributed by atoms with Gasteiger partial charge in [0.15, 0.2) is 0 Å². The molecule has 2 aliphatic heterocycles. The summed E-state index contributed by atoms with van der Waals surface area (Å²) in [4.78, 5) is 20.1. The number of aliphatic imine (C=N–C) groups is 1. The van der Waals surface area contributed by atoms with E-state index in [1.165, 1.54) is 0 Å². The maximum Gasteiger partial charge on any atom is 0.214 e. The lowest BCUT2D eigenvalue weighted by atomic mass is 10.1. The van der Waals surface area contributed by atoms with Crippen LogP contribution >= 0.6 is 0 Å². The van der Waals surface area contributed by atoms with Crippen LogP contribution in [0.5, 0.6) is 5.88 Å². The lowest BCUT2D eigenvalue weighted by molar-refractivity contribution is 0.232. The van der Waals surface area contributed by atoms with Gasteiger partial charge in [-0.2, -0.15) is 0 Å². The van der Waals surface area contributed by atoms with E-state index in [9.17, 15) is 4.21 Å². The third-order valence-corrected chi connectivity index (χ3v) is 5.97. The van der Waals surface area contributed by atoms with E-state index in [0.717, 1.165) is 53.6 Å². The summed E-state index contributed by atoms with van der Waals surface area (Å²) in [6, 6.07) is 3.92. The first-order valence-electron chi connectivity index (χ1n) is 9.23. The molecule has 1 saturated heterocycles. The number of anilines is 1. The molecule has 1 fully saturated rings. The van der Waals surface area contributed by atoms with Gasteiger partial charge in [0.2, 0.25) is 5.88 Å². The number of hydrogen-bond acceptors (Lipinski definition) is 7. The highest BCUT2D eigenvalue weighted by molar-refractivity contribution is 7.85. The van der Waals surface area contributed by atoms with Crippen LogP contribution in [0, 0.1) is 0 Å². The summed E-state index contributed by atoms with van der Waals surface area (Å²) < 4.78 is 17.5. The van der Waals surface area contributed by atoms with E-state index in [0.29, 0.717) is 18.2 Å². The summed E-state index contributed by atoms with van der Waals surface area (Å²) in [5.41, 5.74) is 3.74. The summed E-state index contributed by atoms with van der Waals surface area (Å²) in [7, 11) is -0.727. The monoisotopic (exact) mass is 385 g/mol. The molecule has 8 heteroatoms. The van der Waals surface area contributed by atoms with Crippen LogP contribution in [0.4, 0.5) is 5.82 Å². The number of fused-ring (bicyclic) bond motifs is 1. The van der Waals surface area contributed by atoms with Crippen molar-refractivity contribution >= 4 is 22.3 Å². The highest BCUT2D eigenvalue weighted by atomic mass is 32.2. The van der Waals surface area contributed by atoms with E-state index >= 15 is 0 Å². The molecule has 0 spiro atoms. The van der Waals surface area contributed by atoms with Crippen molar-refractivity contribution in [2.24, 2.45) is 4.99 Å². The van der Waals surface area contributed by atoms with Gasteiger partial charge in [-0.1, -0.05) is 0 Å². The Morgan fingerprint density at radius 1 is 1.15 bits per heavy atom. The fourth-order valence-electron chi connectivity index (χ4n) is 3.31. The van der Waals surface area contributed by atoms with E-state index < -0.39 is 10.8 Å². The number of ether oxygens (including phenoxy) is 1. The molecule has 7 nitrogen and oxygen atoms in total. The molecule has 0 radical (unpaired) electrons. The summed E-state index contributed by atoms with van der Waals surface area (Å²) in [6.45, 7) is 6.18. The number of aromatic nitrogens is 3. The van der Waals surface area contributed by atoms with Crippen LogP contribution in [0.1, 0.15) is 37.1 Å². The molecule has 142 valence electrons. The topological polar surface area (TPSA) is 80.6 Å². The first-order valence-corrected chi connectivity index (χ1v) is 10.7. The molecular weight excluding hydrogens is 362 g/mol. The van der Waals surface area contributed by atoms with Crippen LogP contribution in [0.15, 0.2) is 29.6 Å². The molecule has 2 aliphatic rings. The summed E-state index contributed by atoms with van der Waals surface area (Å²) in [5.74, 6) is 2.91. The maximum atomic E-state index is 11.8. The van der Waals surface area contributed by atoms with E-state index in [4.69, 9.17) is 4.74 Å². The largest absolute Gasteiger partial charge is 0.475 e. The first-order chi connectivity index (χ1) is 13.1. The Bertz CT molecular complexity index is 899. The molecule has 0 N–H and O–H groups in total. The summed E-state index contributed by atoms with van der Waals surface area (Å²) in [6.07, 6.45) is 4.39. The second-order valence-corrected chi connectivity index (χ2v) is 8.66. The average molecular weight is 385 g/mol. The fourth-order valence-corrected chi connectivity index (χ4v) is 4.39. The standard InChI is InChI=1S/C19H23N5O2S/c1-13(2)26-18-8-15-14(10-20-18)11-21-19(15)16-9-17(23-12-22-16)24-4-3-6-27(25)7-5-24/h8-10,12-13H,3-7,11H2,1-2H3. The highest BCUT2D eigenvalue weighted by Gasteiger charge is 2.22.